The lowest BCUT2D eigenvalue weighted by Gasteiger charge is -2.16. The van der Waals surface area contributed by atoms with Gasteiger partial charge in [0.25, 0.3) is 0 Å². The Bertz CT molecular complexity index is 658. The largest absolute Gasteiger partial charge is 0.331 e. The van der Waals surface area contributed by atoms with E-state index in [1.165, 1.54) is 0 Å². The van der Waals surface area contributed by atoms with E-state index in [1.807, 2.05) is 50.5 Å². The van der Waals surface area contributed by atoms with E-state index in [0.717, 1.165) is 36.5 Å². The van der Waals surface area contributed by atoms with Gasteiger partial charge in [-0.15, -0.1) is 24.8 Å². The third-order valence-corrected chi connectivity index (χ3v) is 3.88. The maximum atomic E-state index is 12.1. The Morgan fingerprint density at radius 1 is 1.32 bits per heavy atom. The smallest absolute Gasteiger partial charge is 0.241 e. The van der Waals surface area contributed by atoms with Gasteiger partial charge in [-0.25, -0.2) is 4.98 Å². The summed E-state index contributed by atoms with van der Waals surface area (Å²) in [6.07, 6.45) is 6.06. The molecule has 7 heteroatoms. The lowest BCUT2D eigenvalue weighted by Crippen LogP contribution is -2.39. The fourth-order valence-corrected chi connectivity index (χ4v) is 2.34. The number of aryl methyl sites for hydroxylation is 1. The van der Waals surface area contributed by atoms with E-state index in [0.29, 0.717) is 0 Å². The maximum Gasteiger partial charge on any atom is 0.241 e. The van der Waals surface area contributed by atoms with Crippen molar-refractivity contribution in [3.63, 3.8) is 0 Å². The van der Waals surface area contributed by atoms with E-state index >= 15 is 0 Å². The van der Waals surface area contributed by atoms with E-state index in [2.05, 4.69) is 21.8 Å². The van der Waals surface area contributed by atoms with Gasteiger partial charge in [0.05, 0.1) is 6.04 Å². The zero-order valence-electron chi connectivity index (χ0n) is 14.9. The highest BCUT2D eigenvalue weighted by Gasteiger charge is 2.17. The molecule has 0 saturated carbocycles. The highest BCUT2D eigenvalue weighted by molar-refractivity contribution is 5.95. The van der Waals surface area contributed by atoms with Crippen molar-refractivity contribution in [2.45, 2.75) is 46.2 Å². The molecule has 0 aliphatic carbocycles. The predicted molar refractivity (Wildman–Crippen MR) is 109 cm³/mol. The molecule has 25 heavy (non-hydrogen) atoms. The van der Waals surface area contributed by atoms with Crippen molar-refractivity contribution in [1.82, 2.24) is 9.55 Å². The number of unbranched alkanes of at least 4 members (excludes halogenated alkanes) is 1. The second-order valence-electron chi connectivity index (χ2n) is 6.14. The molecule has 1 amide bonds. The molecular formula is C18H28Cl2N4O. The molecule has 0 saturated heterocycles. The Kier molecular flexibility index (Phi) is 10.4. The van der Waals surface area contributed by atoms with Crippen LogP contribution in [0, 0.1) is 5.92 Å². The molecule has 2 rings (SSSR count). The topological polar surface area (TPSA) is 72.9 Å². The van der Waals surface area contributed by atoms with Crippen molar-refractivity contribution in [3.8, 4) is 11.4 Å². The van der Waals surface area contributed by atoms with Crippen molar-refractivity contribution in [2.24, 2.45) is 11.7 Å². The number of nitrogens with one attached hydrogen (secondary N) is 1. The number of aromatic nitrogens is 2. The summed E-state index contributed by atoms with van der Waals surface area (Å²) in [5, 5.41) is 2.89. The quantitative estimate of drug-likeness (QED) is 0.751. The molecule has 0 spiro atoms. The fraction of sp³-hybridized carbons (Fsp3) is 0.444. The van der Waals surface area contributed by atoms with Gasteiger partial charge >= 0.3 is 0 Å². The number of imidazole rings is 1. The zero-order chi connectivity index (χ0) is 16.8. The highest BCUT2D eigenvalue weighted by atomic mass is 35.5. The molecule has 140 valence electrons. The number of amides is 1. The minimum Gasteiger partial charge on any atom is -0.331 e. The van der Waals surface area contributed by atoms with Gasteiger partial charge in [0, 0.05) is 30.2 Å². The van der Waals surface area contributed by atoms with Gasteiger partial charge in [-0.3, -0.25) is 4.79 Å². The number of hydrogen-bond acceptors (Lipinski definition) is 3. The van der Waals surface area contributed by atoms with Gasteiger partial charge < -0.3 is 15.6 Å². The van der Waals surface area contributed by atoms with Gasteiger partial charge in [0.2, 0.25) is 5.91 Å². The minimum absolute atomic E-state index is 0. The van der Waals surface area contributed by atoms with E-state index < -0.39 is 6.04 Å². The van der Waals surface area contributed by atoms with Crippen molar-refractivity contribution < 1.29 is 4.79 Å². The zero-order valence-corrected chi connectivity index (χ0v) is 16.6. The molecule has 5 nitrogen and oxygen atoms in total. The Balaban J connectivity index is 0.00000288. The van der Waals surface area contributed by atoms with Crippen LogP contribution in [-0.4, -0.2) is 21.5 Å². The number of nitrogens with zero attached hydrogens (tertiary/aromatic N) is 2. The average Bonchev–Trinajstić information content (AvgIpc) is 3.00. The van der Waals surface area contributed by atoms with Crippen molar-refractivity contribution in [2.75, 3.05) is 5.32 Å². The molecule has 0 fully saturated rings. The first-order valence-electron chi connectivity index (χ1n) is 8.21. The van der Waals surface area contributed by atoms with E-state index in [1.54, 1.807) is 0 Å². The molecule has 3 N–H and O–H groups in total. The molecule has 0 radical (unpaired) electrons. The fourth-order valence-electron chi connectivity index (χ4n) is 2.34. The Labute approximate surface area is 162 Å². The van der Waals surface area contributed by atoms with Crippen LogP contribution in [0.5, 0.6) is 0 Å². The predicted octanol–water partition coefficient (Wildman–Crippen LogP) is 4.12. The van der Waals surface area contributed by atoms with Crippen LogP contribution in [0.2, 0.25) is 0 Å². The van der Waals surface area contributed by atoms with E-state index in [-0.39, 0.29) is 36.6 Å². The summed E-state index contributed by atoms with van der Waals surface area (Å²) in [4.78, 5) is 16.6. The van der Waals surface area contributed by atoms with Gasteiger partial charge in [-0.05, 0) is 24.5 Å². The lowest BCUT2D eigenvalue weighted by molar-refractivity contribution is -0.118. The van der Waals surface area contributed by atoms with Crippen LogP contribution in [0.15, 0.2) is 36.7 Å². The summed E-state index contributed by atoms with van der Waals surface area (Å²) >= 11 is 0. The maximum absolute atomic E-state index is 12.1. The lowest BCUT2D eigenvalue weighted by atomic mass is 10.0. The molecule has 1 heterocycles. The summed E-state index contributed by atoms with van der Waals surface area (Å²) in [6, 6.07) is 7.22. The number of nitrogens with two attached hydrogens (primary N) is 1. The second kappa shape index (κ2) is 11.1. The molecule has 1 aromatic carbocycles. The van der Waals surface area contributed by atoms with Gasteiger partial charge in [0.15, 0.2) is 0 Å². The van der Waals surface area contributed by atoms with Crippen molar-refractivity contribution in [3.05, 3.63) is 36.7 Å². The third kappa shape index (κ3) is 6.34. The summed E-state index contributed by atoms with van der Waals surface area (Å²) in [5.41, 5.74) is 7.62. The van der Waals surface area contributed by atoms with Gasteiger partial charge in [0.1, 0.15) is 5.82 Å². The Morgan fingerprint density at radius 2 is 2.04 bits per heavy atom. The SMILES string of the molecule is CCCCn1ccnc1-c1cccc(NC(=O)[C@@H](N)C(C)C)c1.Cl.Cl. The van der Waals surface area contributed by atoms with Crippen molar-refractivity contribution in [1.29, 1.82) is 0 Å². The first kappa shape index (κ1) is 23.4. The molecule has 0 aliphatic heterocycles. The Morgan fingerprint density at radius 3 is 2.68 bits per heavy atom. The van der Waals surface area contributed by atoms with Crippen LogP contribution in [0.25, 0.3) is 11.4 Å². The highest BCUT2D eigenvalue weighted by Crippen LogP contribution is 2.22. The standard InChI is InChI=1S/C18H26N4O.2ClH/c1-4-5-10-22-11-9-20-17(22)14-7-6-8-15(12-14)21-18(23)16(19)13(2)3;;/h6-9,11-13,16H,4-5,10,19H2,1-3H3,(H,21,23);2*1H/t16-;;/m0../s1. The second-order valence-corrected chi connectivity index (χ2v) is 6.14. The number of anilines is 1. The normalized spacial score (nSPS) is 11.4. The number of benzene rings is 1. The number of carbonyl (C=O) groups excluding carboxylic acids is 1. The Hall–Kier alpha value is -1.56. The van der Waals surface area contributed by atoms with Crippen LogP contribution in [0.1, 0.15) is 33.6 Å². The third-order valence-electron chi connectivity index (χ3n) is 3.88. The van der Waals surface area contributed by atoms with Crippen LogP contribution < -0.4 is 11.1 Å². The molecule has 0 aliphatic rings. The molecule has 0 bridgehead atoms. The molecule has 2 aromatic rings. The summed E-state index contributed by atoms with van der Waals surface area (Å²) in [6.45, 7) is 6.99. The first-order chi connectivity index (χ1) is 11.0. The number of hydrogen-bond donors (Lipinski definition) is 2. The van der Waals surface area contributed by atoms with Crippen LogP contribution in [0.4, 0.5) is 5.69 Å². The molecule has 1 atom stereocenters. The molecule has 0 unspecified atom stereocenters. The number of halogens is 2. The molecule has 1 aromatic heterocycles. The monoisotopic (exact) mass is 386 g/mol. The van der Waals surface area contributed by atoms with E-state index in [4.69, 9.17) is 5.73 Å². The van der Waals surface area contributed by atoms with Gasteiger partial charge in [-0.2, -0.15) is 0 Å². The minimum atomic E-state index is -0.509. The average molecular weight is 387 g/mol. The van der Waals surface area contributed by atoms with Crippen LogP contribution in [-0.2, 0) is 11.3 Å². The van der Waals surface area contributed by atoms with Crippen LogP contribution >= 0.6 is 24.8 Å². The molecular weight excluding hydrogens is 359 g/mol. The van der Waals surface area contributed by atoms with Crippen molar-refractivity contribution >= 4 is 36.4 Å². The first-order valence-corrected chi connectivity index (χ1v) is 8.21. The summed E-state index contributed by atoms with van der Waals surface area (Å²) in [5.74, 6) is 0.861. The summed E-state index contributed by atoms with van der Waals surface area (Å²) < 4.78 is 2.14. The number of carbonyl (C=O) groups is 1. The van der Waals surface area contributed by atoms with E-state index in [9.17, 15) is 4.79 Å². The van der Waals surface area contributed by atoms with Crippen LogP contribution in [0.3, 0.4) is 0 Å². The number of rotatable bonds is 7. The summed E-state index contributed by atoms with van der Waals surface area (Å²) in [7, 11) is 0. The van der Waals surface area contributed by atoms with Gasteiger partial charge in [-0.1, -0.05) is 39.3 Å².